The number of piperidine rings is 1. The normalized spacial score (nSPS) is 23.8. The van der Waals surface area contributed by atoms with Crippen molar-refractivity contribution < 1.29 is 9.59 Å². The molecular weight excluding hydrogens is 201 g/mol. The minimum absolute atomic E-state index is 0.497. The van der Waals surface area contributed by atoms with E-state index >= 15 is 0 Å². The van der Waals surface area contributed by atoms with Crippen LogP contribution in [0.1, 0.15) is 19.3 Å². The van der Waals surface area contributed by atoms with Gasteiger partial charge in [-0.15, -0.1) is 0 Å². The fourth-order valence-corrected chi connectivity index (χ4v) is 1.81. The Balaban J connectivity index is 2.67. The molecule has 1 heterocycles. The van der Waals surface area contributed by atoms with Crippen LogP contribution in [0.2, 0.25) is 0 Å². The highest BCUT2D eigenvalue weighted by Crippen LogP contribution is 2.20. The van der Waals surface area contributed by atoms with Gasteiger partial charge in [0.15, 0.2) is 0 Å². The predicted octanol–water partition coefficient (Wildman–Crippen LogP) is 1.97. The minimum atomic E-state index is -0.589. The van der Waals surface area contributed by atoms with Crippen molar-refractivity contribution >= 4 is 33.8 Å². The van der Waals surface area contributed by atoms with Crippen molar-refractivity contribution in [3.63, 3.8) is 0 Å². The molecule has 1 unspecified atom stereocenters. The van der Waals surface area contributed by atoms with Gasteiger partial charge < -0.3 is 4.90 Å². The van der Waals surface area contributed by atoms with E-state index in [1.165, 1.54) is 4.90 Å². The number of nitrogens with zero attached hydrogens (tertiary/aromatic N) is 1. The van der Waals surface area contributed by atoms with Crippen LogP contribution in [0.4, 0.5) is 4.79 Å². The van der Waals surface area contributed by atoms with Gasteiger partial charge in [0.05, 0.1) is 0 Å². The fraction of sp³-hybridized carbons (Fsp3) is 0.714. The lowest BCUT2D eigenvalue weighted by Crippen LogP contribution is -2.44. The maximum atomic E-state index is 10.8. The summed E-state index contributed by atoms with van der Waals surface area (Å²) in [5.74, 6) is 0. The van der Waals surface area contributed by atoms with Crippen LogP contribution < -0.4 is 0 Å². The molecule has 1 aliphatic rings. The van der Waals surface area contributed by atoms with Gasteiger partial charge in [0.2, 0.25) is 5.24 Å². The molecule has 0 aliphatic carbocycles. The summed E-state index contributed by atoms with van der Waals surface area (Å²) in [7, 11) is 0. The van der Waals surface area contributed by atoms with Gasteiger partial charge in [0, 0.05) is 6.54 Å². The average molecular weight is 210 g/mol. The van der Waals surface area contributed by atoms with E-state index in [1.54, 1.807) is 0 Å². The van der Waals surface area contributed by atoms with Crippen LogP contribution in [0.25, 0.3) is 0 Å². The Kier molecular flexibility index (Phi) is 3.35. The molecule has 1 atom stereocenters. The standard InChI is InChI=1S/C7H9Cl2NO2/c8-6(11)5-3-1-2-4-10(5)7(9)12/h5H,1-4H2. The average Bonchev–Trinajstić information content (AvgIpc) is 2.04. The Bertz CT molecular complexity index is 186. The molecule has 12 heavy (non-hydrogen) atoms. The zero-order valence-corrected chi connectivity index (χ0v) is 7.94. The highest BCUT2D eigenvalue weighted by Gasteiger charge is 2.29. The van der Waals surface area contributed by atoms with Crippen molar-refractivity contribution in [2.75, 3.05) is 6.54 Å². The number of likely N-dealkylation sites (tertiary alicyclic amines) is 1. The quantitative estimate of drug-likeness (QED) is 0.490. The number of rotatable bonds is 1. The Hall–Kier alpha value is -0.280. The molecule has 0 aromatic rings. The van der Waals surface area contributed by atoms with Crippen LogP contribution in [0.15, 0.2) is 0 Å². The lowest BCUT2D eigenvalue weighted by atomic mass is 10.0. The van der Waals surface area contributed by atoms with Crippen molar-refractivity contribution in [3.8, 4) is 0 Å². The molecule has 1 amide bonds. The van der Waals surface area contributed by atoms with Crippen LogP contribution in [0.5, 0.6) is 0 Å². The van der Waals surface area contributed by atoms with E-state index in [4.69, 9.17) is 23.2 Å². The smallest absolute Gasteiger partial charge is 0.317 e. The number of hydrogen-bond donors (Lipinski definition) is 0. The van der Waals surface area contributed by atoms with Crippen molar-refractivity contribution in [2.45, 2.75) is 25.3 Å². The fourth-order valence-electron chi connectivity index (χ4n) is 1.38. The topological polar surface area (TPSA) is 37.4 Å². The summed E-state index contributed by atoms with van der Waals surface area (Å²) in [6, 6.07) is -0.509. The molecule has 0 N–H and O–H groups in total. The third-order valence-corrected chi connectivity index (χ3v) is 2.46. The second-order valence-corrected chi connectivity index (χ2v) is 3.46. The Morgan fingerprint density at radius 2 is 1.92 bits per heavy atom. The van der Waals surface area contributed by atoms with Crippen LogP contribution in [-0.4, -0.2) is 28.1 Å². The summed E-state index contributed by atoms with van der Waals surface area (Å²) in [5.41, 5.74) is 0. The molecule has 0 bridgehead atoms. The lowest BCUT2D eigenvalue weighted by Gasteiger charge is -2.31. The van der Waals surface area contributed by atoms with Crippen LogP contribution in [-0.2, 0) is 4.79 Å². The zero-order chi connectivity index (χ0) is 9.14. The van der Waals surface area contributed by atoms with Crippen LogP contribution in [0, 0.1) is 0 Å². The molecule has 68 valence electrons. The van der Waals surface area contributed by atoms with Gasteiger partial charge in [-0.25, -0.2) is 0 Å². The van der Waals surface area contributed by atoms with E-state index in [0.29, 0.717) is 13.0 Å². The summed E-state index contributed by atoms with van der Waals surface area (Å²) < 4.78 is 0. The van der Waals surface area contributed by atoms with E-state index in [9.17, 15) is 9.59 Å². The number of carbonyl (C=O) groups is 2. The second-order valence-electron chi connectivity index (χ2n) is 2.76. The maximum absolute atomic E-state index is 10.8. The first kappa shape index (κ1) is 9.81. The predicted molar refractivity (Wildman–Crippen MR) is 46.5 cm³/mol. The van der Waals surface area contributed by atoms with Gasteiger partial charge in [-0.1, -0.05) is 0 Å². The Morgan fingerprint density at radius 3 is 2.33 bits per heavy atom. The van der Waals surface area contributed by atoms with Crippen molar-refractivity contribution in [1.29, 1.82) is 0 Å². The van der Waals surface area contributed by atoms with E-state index in [1.807, 2.05) is 0 Å². The maximum Gasteiger partial charge on any atom is 0.317 e. The summed E-state index contributed by atoms with van der Waals surface area (Å²) in [5, 5.41) is -1.09. The summed E-state index contributed by atoms with van der Waals surface area (Å²) >= 11 is 10.6. The molecule has 0 aromatic heterocycles. The molecule has 1 fully saturated rings. The Labute approximate surface area is 80.6 Å². The molecule has 0 aromatic carbocycles. The molecule has 5 heteroatoms. The largest absolute Gasteiger partial charge is 0.318 e. The van der Waals surface area contributed by atoms with E-state index in [2.05, 4.69) is 0 Å². The zero-order valence-electron chi connectivity index (χ0n) is 6.43. The molecule has 1 saturated heterocycles. The molecule has 1 aliphatic heterocycles. The van der Waals surface area contributed by atoms with Gasteiger partial charge >= 0.3 is 5.37 Å². The highest BCUT2D eigenvalue weighted by atomic mass is 35.5. The molecule has 0 saturated carbocycles. The van der Waals surface area contributed by atoms with Gasteiger partial charge in [-0.05, 0) is 42.5 Å². The minimum Gasteiger partial charge on any atom is -0.318 e. The molecule has 0 radical (unpaired) electrons. The first-order valence-corrected chi connectivity index (χ1v) is 4.54. The monoisotopic (exact) mass is 209 g/mol. The van der Waals surface area contributed by atoms with Gasteiger partial charge in [0.1, 0.15) is 6.04 Å². The number of amides is 1. The molecule has 0 spiro atoms. The molecule has 1 rings (SSSR count). The molecular formula is C7H9Cl2NO2. The van der Waals surface area contributed by atoms with E-state index in [0.717, 1.165) is 12.8 Å². The second kappa shape index (κ2) is 4.10. The molecule has 3 nitrogen and oxygen atoms in total. The SMILES string of the molecule is O=C(Cl)C1CCCCN1C(=O)Cl. The van der Waals surface area contributed by atoms with Crippen molar-refractivity contribution in [1.82, 2.24) is 4.90 Å². The number of halogens is 2. The van der Waals surface area contributed by atoms with E-state index < -0.39 is 16.7 Å². The Morgan fingerprint density at radius 1 is 1.25 bits per heavy atom. The first-order valence-electron chi connectivity index (χ1n) is 3.78. The van der Waals surface area contributed by atoms with Gasteiger partial charge in [0.25, 0.3) is 0 Å². The summed E-state index contributed by atoms with van der Waals surface area (Å²) in [6.45, 7) is 0.533. The number of hydrogen-bond acceptors (Lipinski definition) is 2. The summed E-state index contributed by atoms with van der Waals surface area (Å²) in [4.78, 5) is 22.9. The van der Waals surface area contributed by atoms with Crippen molar-refractivity contribution in [3.05, 3.63) is 0 Å². The first-order chi connectivity index (χ1) is 5.63. The summed E-state index contributed by atoms with van der Waals surface area (Å²) in [6.07, 6.45) is 2.43. The third kappa shape index (κ3) is 2.11. The van der Waals surface area contributed by atoms with Gasteiger partial charge in [-0.3, -0.25) is 9.59 Å². The van der Waals surface area contributed by atoms with E-state index in [-0.39, 0.29) is 0 Å². The third-order valence-electron chi connectivity index (χ3n) is 1.99. The highest BCUT2D eigenvalue weighted by molar-refractivity contribution is 6.66. The lowest BCUT2D eigenvalue weighted by molar-refractivity contribution is -0.116. The van der Waals surface area contributed by atoms with Crippen molar-refractivity contribution in [2.24, 2.45) is 0 Å². The van der Waals surface area contributed by atoms with Gasteiger partial charge in [-0.2, -0.15) is 0 Å². The van der Waals surface area contributed by atoms with Crippen LogP contribution >= 0.6 is 23.2 Å². The number of carbonyl (C=O) groups excluding carboxylic acids is 2. The van der Waals surface area contributed by atoms with Crippen LogP contribution in [0.3, 0.4) is 0 Å².